The Balaban J connectivity index is 0.00000243. The highest BCUT2D eigenvalue weighted by Crippen LogP contribution is 2.33. The highest BCUT2D eigenvalue weighted by atomic mass is 35.5. The van der Waals surface area contributed by atoms with Gasteiger partial charge in [0.1, 0.15) is 0 Å². The maximum absolute atomic E-state index is 12.0. The maximum atomic E-state index is 12.0. The summed E-state index contributed by atoms with van der Waals surface area (Å²) in [5.41, 5.74) is 7.57. The van der Waals surface area contributed by atoms with Crippen molar-refractivity contribution in [3.05, 3.63) is 60.2 Å². The Morgan fingerprint density at radius 1 is 0.962 bits per heavy atom. The minimum absolute atomic E-state index is 0. The van der Waals surface area contributed by atoms with Gasteiger partial charge in [-0.05, 0) is 49.6 Å². The first kappa shape index (κ1) is 19.8. The molecule has 26 heavy (non-hydrogen) atoms. The molecule has 1 fully saturated rings. The fraction of sp³-hybridized carbons (Fsp3) is 0.263. The molecule has 1 aliphatic carbocycles. The van der Waals surface area contributed by atoms with E-state index in [2.05, 4.69) is 16.0 Å². The summed E-state index contributed by atoms with van der Waals surface area (Å²) in [6.45, 7) is 1.91. The van der Waals surface area contributed by atoms with Gasteiger partial charge in [0.15, 0.2) is 0 Å². The lowest BCUT2D eigenvalue weighted by Gasteiger charge is -2.17. The van der Waals surface area contributed by atoms with E-state index in [1.165, 1.54) is 0 Å². The van der Waals surface area contributed by atoms with Crippen LogP contribution in [0.25, 0.3) is 0 Å². The molecule has 0 heterocycles. The fourth-order valence-corrected chi connectivity index (χ4v) is 2.46. The summed E-state index contributed by atoms with van der Waals surface area (Å²) in [5.74, 6) is -0.107. The van der Waals surface area contributed by atoms with Gasteiger partial charge in [0.05, 0.1) is 11.6 Å². The highest BCUT2D eigenvalue weighted by Gasteiger charge is 2.46. The third-order valence-corrected chi connectivity index (χ3v) is 4.29. The Bertz CT molecular complexity index is 761. The number of para-hydroxylation sites is 1. The molecule has 0 bridgehead atoms. The lowest BCUT2D eigenvalue weighted by atomic mass is 10.1. The van der Waals surface area contributed by atoms with Gasteiger partial charge in [-0.15, -0.1) is 12.4 Å². The van der Waals surface area contributed by atoms with Gasteiger partial charge in [0, 0.05) is 11.4 Å². The summed E-state index contributed by atoms with van der Waals surface area (Å²) >= 11 is 0. The zero-order valence-corrected chi connectivity index (χ0v) is 15.3. The number of hydrogen-bond donors (Lipinski definition) is 4. The van der Waals surface area contributed by atoms with Crippen molar-refractivity contribution in [3.8, 4) is 0 Å². The van der Waals surface area contributed by atoms with Crippen LogP contribution in [0.2, 0.25) is 0 Å². The van der Waals surface area contributed by atoms with Gasteiger partial charge in [-0.2, -0.15) is 0 Å². The van der Waals surface area contributed by atoms with E-state index in [9.17, 15) is 9.59 Å². The number of rotatable bonds is 5. The molecular weight excluding hydrogens is 352 g/mol. The number of carbonyl (C=O) groups excluding carboxylic acids is 2. The molecule has 1 aliphatic rings. The van der Waals surface area contributed by atoms with E-state index >= 15 is 0 Å². The average molecular weight is 375 g/mol. The summed E-state index contributed by atoms with van der Waals surface area (Å²) in [6, 6.07) is 16.1. The number of carbonyl (C=O) groups is 2. The first-order valence-electron chi connectivity index (χ1n) is 8.29. The van der Waals surface area contributed by atoms with Crippen LogP contribution < -0.4 is 21.7 Å². The topological polar surface area (TPSA) is 96.2 Å². The summed E-state index contributed by atoms with van der Waals surface area (Å²) < 4.78 is 0. The third kappa shape index (κ3) is 4.97. The molecule has 1 saturated carbocycles. The van der Waals surface area contributed by atoms with Crippen LogP contribution in [0.4, 0.5) is 16.2 Å². The Labute approximate surface area is 159 Å². The van der Waals surface area contributed by atoms with Gasteiger partial charge in [-0.3, -0.25) is 4.79 Å². The normalized spacial score (nSPS) is 15.2. The Morgan fingerprint density at radius 3 is 2.04 bits per heavy atom. The van der Waals surface area contributed by atoms with Crippen molar-refractivity contribution in [2.45, 2.75) is 31.3 Å². The molecule has 0 aromatic heterocycles. The first-order valence-corrected chi connectivity index (χ1v) is 8.29. The Morgan fingerprint density at radius 2 is 1.50 bits per heavy atom. The smallest absolute Gasteiger partial charge is 0.323 e. The van der Waals surface area contributed by atoms with Crippen molar-refractivity contribution >= 4 is 35.7 Å². The zero-order chi connectivity index (χ0) is 17.9. The second kappa shape index (κ2) is 8.21. The lowest BCUT2D eigenvalue weighted by molar-refractivity contribution is -0.123. The van der Waals surface area contributed by atoms with Crippen molar-refractivity contribution < 1.29 is 9.59 Å². The lowest BCUT2D eigenvalue weighted by Crippen LogP contribution is -2.43. The molecule has 138 valence electrons. The molecule has 2 aromatic rings. The number of nitrogens with two attached hydrogens (primary N) is 1. The SMILES string of the molecule is CC(NC(=O)C1(N)CC1)c1ccc(NC(=O)Nc2ccccc2)cc1.Cl. The molecule has 5 N–H and O–H groups in total. The summed E-state index contributed by atoms with van der Waals surface area (Å²) in [7, 11) is 0. The standard InChI is InChI=1S/C19H22N4O2.ClH/c1-13(21-17(24)19(20)11-12-19)14-7-9-16(10-8-14)23-18(25)22-15-5-3-2-4-6-15;/h2-10,13H,11-12,20H2,1H3,(H,21,24)(H2,22,23,25);1H. The summed E-state index contributed by atoms with van der Waals surface area (Å²) in [6.07, 6.45) is 1.48. The van der Waals surface area contributed by atoms with E-state index in [-0.39, 0.29) is 30.4 Å². The number of hydrogen-bond acceptors (Lipinski definition) is 3. The molecule has 2 aromatic carbocycles. The van der Waals surface area contributed by atoms with Crippen molar-refractivity contribution in [3.63, 3.8) is 0 Å². The van der Waals surface area contributed by atoms with Crippen LogP contribution in [0.15, 0.2) is 54.6 Å². The van der Waals surface area contributed by atoms with Crippen molar-refractivity contribution in [2.24, 2.45) is 5.73 Å². The summed E-state index contributed by atoms with van der Waals surface area (Å²) in [5, 5.41) is 8.46. The number of amides is 3. The van der Waals surface area contributed by atoms with E-state index in [1.807, 2.05) is 49.4 Å². The second-order valence-electron chi connectivity index (χ2n) is 6.42. The van der Waals surface area contributed by atoms with Crippen LogP contribution in [0.1, 0.15) is 31.4 Å². The Kier molecular flexibility index (Phi) is 6.23. The maximum Gasteiger partial charge on any atom is 0.323 e. The molecule has 0 saturated heterocycles. The van der Waals surface area contributed by atoms with Gasteiger partial charge in [0.25, 0.3) is 0 Å². The van der Waals surface area contributed by atoms with Crippen LogP contribution >= 0.6 is 12.4 Å². The van der Waals surface area contributed by atoms with Crippen LogP contribution in [0.5, 0.6) is 0 Å². The van der Waals surface area contributed by atoms with Crippen LogP contribution in [0, 0.1) is 0 Å². The van der Waals surface area contributed by atoms with Gasteiger partial charge in [-0.25, -0.2) is 4.79 Å². The Hall–Kier alpha value is -2.57. The van der Waals surface area contributed by atoms with E-state index in [0.717, 1.165) is 24.1 Å². The molecule has 0 aliphatic heterocycles. The van der Waals surface area contributed by atoms with E-state index in [4.69, 9.17) is 5.73 Å². The molecule has 6 nitrogen and oxygen atoms in total. The molecule has 0 spiro atoms. The third-order valence-electron chi connectivity index (χ3n) is 4.29. The zero-order valence-electron chi connectivity index (χ0n) is 14.5. The van der Waals surface area contributed by atoms with Gasteiger partial charge >= 0.3 is 6.03 Å². The van der Waals surface area contributed by atoms with Crippen LogP contribution in [-0.4, -0.2) is 17.5 Å². The number of benzene rings is 2. The average Bonchev–Trinajstić information content (AvgIpc) is 3.35. The number of nitrogens with one attached hydrogen (secondary N) is 3. The summed E-state index contributed by atoms with van der Waals surface area (Å²) in [4.78, 5) is 24.0. The molecule has 3 amide bonds. The number of halogens is 1. The first-order chi connectivity index (χ1) is 12.0. The van der Waals surface area contributed by atoms with Crippen LogP contribution in [0.3, 0.4) is 0 Å². The molecule has 1 atom stereocenters. The number of anilines is 2. The van der Waals surface area contributed by atoms with Gasteiger partial charge in [-0.1, -0.05) is 30.3 Å². The second-order valence-corrected chi connectivity index (χ2v) is 6.42. The van der Waals surface area contributed by atoms with E-state index in [1.54, 1.807) is 12.1 Å². The molecule has 3 rings (SSSR count). The molecule has 1 unspecified atom stereocenters. The molecule has 7 heteroatoms. The predicted octanol–water partition coefficient (Wildman–Crippen LogP) is 3.42. The van der Waals surface area contributed by atoms with E-state index in [0.29, 0.717) is 5.69 Å². The van der Waals surface area contributed by atoms with Crippen molar-refractivity contribution in [1.29, 1.82) is 0 Å². The van der Waals surface area contributed by atoms with Gasteiger partial charge in [0.2, 0.25) is 5.91 Å². The monoisotopic (exact) mass is 374 g/mol. The van der Waals surface area contributed by atoms with Crippen molar-refractivity contribution in [1.82, 2.24) is 5.32 Å². The largest absolute Gasteiger partial charge is 0.348 e. The quantitative estimate of drug-likeness (QED) is 0.645. The minimum atomic E-state index is -0.675. The highest BCUT2D eigenvalue weighted by molar-refractivity contribution is 5.99. The van der Waals surface area contributed by atoms with Gasteiger partial charge < -0.3 is 21.7 Å². The molecule has 0 radical (unpaired) electrons. The molecular formula is C19H23ClN4O2. The minimum Gasteiger partial charge on any atom is -0.348 e. The van der Waals surface area contributed by atoms with E-state index < -0.39 is 5.54 Å². The predicted molar refractivity (Wildman–Crippen MR) is 105 cm³/mol. The van der Waals surface area contributed by atoms with Crippen LogP contribution in [-0.2, 0) is 4.79 Å². The van der Waals surface area contributed by atoms with Crippen molar-refractivity contribution in [2.75, 3.05) is 10.6 Å². The number of urea groups is 1. The fourth-order valence-electron chi connectivity index (χ4n) is 2.46.